The van der Waals surface area contributed by atoms with Gasteiger partial charge in [-0.3, -0.25) is 4.79 Å². The van der Waals surface area contributed by atoms with Gasteiger partial charge in [0.25, 0.3) is 5.91 Å². The lowest BCUT2D eigenvalue weighted by Gasteiger charge is -2.31. The van der Waals surface area contributed by atoms with Gasteiger partial charge in [0, 0.05) is 22.1 Å². The molecule has 0 fully saturated rings. The summed E-state index contributed by atoms with van der Waals surface area (Å²) in [5.74, 6) is 0.0971. The van der Waals surface area contributed by atoms with E-state index in [1.807, 2.05) is 35.2 Å². The van der Waals surface area contributed by atoms with Gasteiger partial charge in [-0.15, -0.1) is 0 Å². The van der Waals surface area contributed by atoms with E-state index in [0.717, 1.165) is 20.8 Å². The van der Waals surface area contributed by atoms with Gasteiger partial charge in [-0.25, -0.2) is 0 Å². The molecule has 106 valence electrons. The smallest absolute Gasteiger partial charge is 0.254 e. The molecule has 1 amide bonds. The summed E-state index contributed by atoms with van der Waals surface area (Å²) in [6.07, 6.45) is 0. The fraction of sp³-hybridized carbons (Fsp3) is 0.353. The molecule has 2 aromatic rings. The van der Waals surface area contributed by atoms with E-state index in [9.17, 15) is 4.79 Å². The van der Waals surface area contributed by atoms with Crippen molar-refractivity contribution >= 4 is 32.6 Å². The number of carbonyl (C=O) groups is 1. The van der Waals surface area contributed by atoms with E-state index in [-0.39, 0.29) is 18.0 Å². The lowest BCUT2D eigenvalue weighted by Crippen LogP contribution is -2.42. The van der Waals surface area contributed by atoms with Gasteiger partial charge in [-0.1, -0.05) is 28.1 Å². The number of hydrogen-bond acceptors (Lipinski definition) is 1. The summed E-state index contributed by atoms with van der Waals surface area (Å²) in [5, 5.41) is 2.23. The van der Waals surface area contributed by atoms with Gasteiger partial charge in [0.05, 0.1) is 0 Å². The van der Waals surface area contributed by atoms with Crippen LogP contribution in [0.1, 0.15) is 38.1 Å². The van der Waals surface area contributed by atoms with E-state index < -0.39 is 0 Å². The summed E-state index contributed by atoms with van der Waals surface area (Å²) in [6, 6.07) is 12.4. The number of halogens is 1. The third-order valence-corrected chi connectivity index (χ3v) is 3.89. The van der Waals surface area contributed by atoms with Gasteiger partial charge in [0.1, 0.15) is 0 Å². The van der Waals surface area contributed by atoms with Crippen molar-refractivity contribution < 1.29 is 4.79 Å². The Balaban J connectivity index is 2.42. The summed E-state index contributed by atoms with van der Waals surface area (Å²) >= 11 is 3.47. The van der Waals surface area contributed by atoms with E-state index in [1.54, 1.807) is 0 Å². The topological polar surface area (TPSA) is 20.3 Å². The van der Waals surface area contributed by atoms with Crippen molar-refractivity contribution in [3.05, 3.63) is 46.4 Å². The summed E-state index contributed by atoms with van der Waals surface area (Å²) in [4.78, 5) is 14.6. The minimum absolute atomic E-state index is 0.0971. The molecule has 2 rings (SSSR count). The number of hydrogen-bond donors (Lipinski definition) is 0. The Morgan fingerprint density at radius 1 is 0.950 bits per heavy atom. The van der Waals surface area contributed by atoms with Crippen molar-refractivity contribution in [2.75, 3.05) is 0 Å². The SMILES string of the molecule is CC(C)N(C(=O)c1ccc2cc(Br)ccc2c1)C(C)C. The highest BCUT2D eigenvalue weighted by atomic mass is 79.9. The highest BCUT2D eigenvalue weighted by Crippen LogP contribution is 2.22. The molecular weight excluding hydrogens is 314 g/mol. The largest absolute Gasteiger partial charge is 0.334 e. The Morgan fingerprint density at radius 3 is 2.10 bits per heavy atom. The second-order valence-corrected chi connectivity index (χ2v) is 6.52. The quantitative estimate of drug-likeness (QED) is 0.785. The van der Waals surface area contributed by atoms with Crippen molar-refractivity contribution in [3.8, 4) is 0 Å². The first-order chi connectivity index (χ1) is 9.40. The van der Waals surface area contributed by atoms with Crippen LogP contribution in [-0.4, -0.2) is 22.9 Å². The number of fused-ring (bicyclic) bond motifs is 1. The van der Waals surface area contributed by atoms with Gasteiger partial charge in [0.15, 0.2) is 0 Å². The molecular formula is C17H20BrNO. The van der Waals surface area contributed by atoms with Crippen molar-refractivity contribution in [3.63, 3.8) is 0 Å². The number of rotatable bonds is 3. The van der Waals surface area contributed by atoms with Crippen LogP contribution in [0, 0.1) is 0 Å². The highest BCUT2D eigenvalue weighted by molar-refractivity contribution is 9.10. The molecule has 0 aliphatic carbocycles. The normalized spacial score (nSPS) is 11.3. The van der Waals surface area contributed by atoms with Crippen LogP contribution in [0.25, 0.3) is 10.8 Å². The van der Waals surface area contributed by atoms with Crippen LogP contribution in [0.4, 0.5) is 0 Å². The van der Waals surface area contributed by atoms with Gasteiger partial charge in [-0.05, 0) is 62.7 Å². The predicted molar refractivity (Wildman–Crippen MR) is 88.1 cm³/mol. The van der Waals surface area contributed by atoms with Crippen LogP contribution in [0.2, 0.25) is 0 Å². The molecule has 0 N–H and O–H groups in total. The Labute approximate surface area is 128 Å². The molecule has 0 radical (unpaired) electrons. The van der Waals surface area contributed by atoms with Crippen LogP contribution >= 0.6 is 15.9 Å². The van der Waals surface area contributed by atoms with Crippen LogP contribution in [0.15, 0.2) is 40.9 Å². The third kappa shape index (κ3) is 3.04. The summed E-state index contributed by atoms with van der Waals surface area (Å²) in [7, 11) is 0. The molecule has 0 heterocycles. The molecule has 0 spiro atoms. The second-order valence-electron chi connectivity index (χ2n) is 5.61. The zero-order valence-electron chi connectivity index (χ0n) is 12.4. The van der Waals surface area contributed by atoms with Crippen LogP contribution < -0.4 is 0 Å². The molecule has 0 bridgehead atoms. The zero-order valence-corrected chi connectivity index (χ0v) is 13.9. The van der Waals surface area contributed by atoms with Crippen molar-refractivity contribution in [2.45, 2.75) is 39.8 Å². The Hall–Kier alpha value is -1.35. The number of carbonyl (C=O) groups excluding carboxylic acids is 1. The van der Waals surface area contributed by atoms with E-state index in [1.165, 1.54) is 0 Å². The third-order valence-electron chi connectivity index (χ3n) is 3.40. The van der Waals surface area contributed by atoms with Gasteiger partial charge in [0.2, 0.25) is 0 Å². The van der Waals surface area contributed by atoms with Gasteiger partial charge < -0.3 is 4.90 Å². The van der Waals surface area contributed by atoms with Crippen molar-refractivity contribution in [2.24, 2.45) is 0 Å². The average Bonchev–Trinajstić information content (AvgIpc) is 2.37. The minimum atomic E-state index is 0.0971. The number of benzene rings is 2. The van der Waals surface area contributed by atoms with Crippen LogP contribution in [0.5, 0.6) is 0 Å². The molecule has 2 aromatic carbocycles. The molecule has 0 unspecified atom stereocenters. The van der Waals surface area contributed by atoms with Crippen molar-refractivity contribution in [1.29, 1.82) is 0 Å². The zero-order chi connectivity index (χ0) is 14.9. The lowest BCUT2D eigenvalue weighted by molar-refractivity contribution is 0.0644. The molecule has 3 heteroatoms. The fourth-order valence-corrected chi connectivity index (χ4v) is 2.94. The Kier molecular flexibility index (Phi) is 4.48. The van der Waals surface area contributed by atoms with Crippen LogP contribution in [-0.2, 0) is 0 Å². The molecule has 0 aliphatic rings. The molecule has 0 saturated carbocycles. The number of amides is 1. The van der Waals surface area contributed by atoms with Gasteiger partial charge in [-0.2, -0.15) is 0 Å². The molecule has 20 heavy (non-hydrogen) atoms. The molecule has 0 aromatic heterocycles. The van der Waals surface area contributed by atoms with Gasteiger partial charge >= 0.3 is 0 Å². The standard InChI is InChI=1S/C17H20BrNO/c1-11(2)19(12(3)4)17(20)15-6-5-14-10-16(18)8-7-13(14)9-15/h5-12H,1-4H3. The number of nitrogens with zero attached hydrogens (tertiary/aromatic N) is 1. The van der Waals surface area contributed by atoms with E-state index >= 15 is 0 Å². The monoisotopic (exact) mass is 333 g/mol. The summed E-state index contributed by atoms with van der Waals surface area (Å²) < 4.78 is 1.05. The van der Waals surface area contributed by atoms with E-state index in [2.05, 4.69) is 49.7 Å². The molecule has 0 aliphatic heterocycles. The molecule has 2 nitrogen and oxygen atoms in total. The molecule has 0 atom stereocenters. The first kappa shape index (κ1) is 15.0. The second kappa shape index (κ2) is 5.96. The maximum Gasteiger partial charge on any atom is 0.254 e. The Morgan fingerprint density at radius 2 is 1.50 bits per heavy atom. The first-order valence-electron chi connectivity index (χ1n) is 6.92. The van der Waals surface area contributed by atoms with E-state index in [0.29, 0.717) is 0 Å². The molecule has 0 saturated heterocycles. The summed E-state index contributed by atoms with van der Waals surface area (Å²) in [6.45, 7) is 8.21. The first-order valence-corrected chi connectivity index (χ1v) is 7.71. The van der Waals surface area contributed by atoms with Crippen molar-refractivity contribution in [1.82, 2.24) is 4.90 Å². The predicted octanol–water partition coefficient (Wildman–Crippen LogP) is 4.86. The maximum atomic E-state index is 12.7. The highest BCUT2D eigenvalue weighted by Gasteiger charge is 2.21. The Bertz CT molecular complexity index is 626. The van der Waals surface area contributed by atoms with Crippen LogP contribution in [0.3, 0.4) is 0 Å². The fourth-order valence-electron chi connectivity index (χ4n) is 2.56. The minimum Gasteiger partial charge on any atom is -0.334 e. The maximum absolute atomic E-state index is 12.7. The lowest BCUT2D eigenvalue weighted by atomic mass is 10.1. The average molecular weight is 334 g/mol. The van der Waals surface area contributed by atoms with E-state index in [4.69, 9.17) is 0 Å². The summed E-state index contributed by atoms with van der Waals surface area (Å²) in [5.41, 5.74) is 0.752.